The zero-order valence-electron chi connectivity index (χ0n) is 12.4. The lowest BCUT2D eigenvalue weighted by molar-refractivity contribution is -0.0232. The fraction of sp³-hybridized carbons (Fsp3) is 0.750. The summed E-state index contributed by atoms with van der Waals surface area (Å²) in [5.74, 6) is 0.322. The van der Waals surface area contributed by atoms with E-state index in [-0.39, 0.29) is 6.10 Å². The van der Waals surface area contributed by atoms with Gasteiger partial charge in [0.25, 0.3) is 0 Å². The van der Waals surface area contributed by atoms with Crippen molar-refractivity contribution < 1.29 is 9.84 Å². The zero-order valence-corrected chi connectivity index (χ0v) is 12.4. The van der Waals surface area contributed by atoms with Gasteiger partial charge in [-0.2, -0.15) is 0 Å². The fourth-order valence-electron chi connectivity index (χ4n) is 3.40. The van der Waals surface area contributed by atoms with E-state index in [1.54, 1.807) is 7.11 Å². The summed E-state index contributed by atoms with van der Waals surface area (Å²) in [4.78, 5) is 2.18. The Kier molecular flexibility index (Phi) is 4.82. The van der Waals surface area contributed by atoms with Crippen molar-refractivity contribution in [3.8, 4) is 0 Å². The third-order valence-electron chi connectivity index (χ3n) is 4.46. The highest BCUT2D eigenvalue weighted by Gasteiger charge is 2.41. The number of hydrogen-bond donors (Lipinski definition) is 1. The van der Waals surface area contributed by atoms with Crippen LogP contribution in [0.2, 0.25) is 0 Å². The highest BCUT2D eigenvalue weighted by atomic mass is 16.5. The molecule has 1 fully saturated rings. The molecule has 0 aliphatic heterocycles. The molecule has 3 atom stereocenters. The molecule has 0 heterocycles. The molecule has 0 aromatic carbocycles. The summed E-state index contributed by atoms with van der Waals surface area (Å²) in [7, 11) is 5.90. The summed E-state index contributed by atoms with van der Waals surface area (Å²) >= 11 is 0. The molecular formula is C16H27NO2. The summed E-state index contributed by atoms with van der Waals surface area (Å²) in [6.45, 7) is 0.944. The molecule has 2 aliphatic carbocycles. The average Bonchev–Trinajstić information content (AvgIpc) is 2.41. The van der Waals surface area contributed by atoms with Crippen molar-refractivity contribution in [1.82, 2.24) is 4.90 Å². The van der Waals surface area contributed by atoms with Crippen LogP contribution in [0.25, 0.3) is 0 Å². The molecule has 0 bridgehead atoms. The number of rotatable bonds is 4. The Bertz CT molecular complexity index is 362. The van der Waals surface area contributed by atoms with E-state index in [0.717, 1.165) is 37.8 Å². The molecule has 2 aliphatic rings. The van der Waals surface area contributed by atoms with Gasteiger partial charge in [0.1, 0.15) is 0 Å². The lowest BCUT2D eigenvalue weighted by atomic mass is 9.70. The largest absolute Gasteiger partial charge is 0.385 e. The van der Waals surface area contributed by atoms with Crippen molar-refractivity contribution in [3.63, 3.8) is 0 Å². The number of nitrogens with zero attached hydrogens (tertiary/aromatic N) is 1. The molecule has 0 aromatic rings. The van der Waals surface area contributed by atoms with Crippen molar-refractivity contribution in [1.29, 1.82) is 0 Å². The van der Waals surface area contributed by atoms with Crippen molar-refractivity contribution in [2.24, 2.45) is 5.92 Å². The van der Waals surface area contributed by atoms with E-state index in [1.807, 2.05) is 0 Å². The van der Waals surface area contributed by atoms with Gasteiger partial charge < -0.3 is 14.7 Å². The standard InChI is InChI=1S/C16H27NO2/c1-17(2)12-14-7-4-5-10-16(14,18)13-8-6-9-15(11-13)19-3/h6,8,11,14-15,18H,4-5,7,9-10,12H2,1-3H3/t14-,15?,16+/m1/s1. The van der Waals surface area contributed by atoms with Crippen LogP contribution < -0.4 is 0 Å². The second-order valence-corrected chi connectivity index (χ2v) is 6.16. The molecule has 19 heavy (non-hydrogen) atoms. The fourth-order valence-corrected chi connectivity index (χ4v) is 3.40. The topological polar surface area (TPSA) is 32.7 Å². The minimum atomic E-state index is -0.670. The number of methoxy groups -OCH3 is 1. The normalized spacial score (nSPS) is 35.5. The van der Waals surface area contributed by atoms with Gasteiger partial charge in [0.2, 0.25) is 0 Å². The van der Waals surface area contributed by atoms with Crippen LogP contribution >= 0.6 is 0 Å². The minimum Gasteiger partial charge on any atom is -0.385 e. The number of ether oxygens (including phenoxy) is 1. The molecule has 108 valence electrons. The maximum absolute atomic E-state index is 11.2. The molecular weight excluding hydrogens is 238 g/mol. The van der Waals surface area contributed by atoms with Crippen molar-refractivity contribution in [3.05, 3.63) is 23.8 Å². The summed E-state index contributed by atoms with van der Waals surface area (Å²) in [6, 6.07) is 0. The van der Waals surface area contributed by atoms with E-state index in [9.17, 15) is 5.11 Å². The van der Waals surface area contributed by atoms with E-state index >= 15 is 0 Å². The van der Waals surface area contributed by atoms with E-state index in [2.05, 4.69) is 37.2 Å². The lowest BCUT2D eigenvalue weighted by Gasteiger charge is -2.43. The van der Waals surface area contributed by atoms with Crippen LogP contribution in [0.4, 0.5) is 0 Å². The Labute approximate surface area is 116 Å². The molecule has 3 heteroatoms. The first kappa shape index (κ1) is 14.8. The second-order valence-electron chi connectivity index (χ2n) is 6.16. The van der Waals surface area contributed by atoms with Crippen LogP contribution in [0.1, 0.15) is 32.1 Å². The molecule has 1 N–H and O–H groups in total. The predicted octanol–water partition coefficient (Wildman–Crippen LogP) is 2.37. The smallest absolute Gasteiger partial charge is 0.0934 e. The summed E-state index contributed by atoms with van der Waals surface area (Å²) in [6.07, 6.45) is 11.7. The molecule has 3 nitrogen and oxygen atoms in total. The quantitative estimate of drug-likeness (QED) is 0.847. The monoisotopic (exact) mass is 265 g/mol. The molecule has 1 unspecified atom stereocenters. The zero-order chi connectivity index (χ0) is 13.9. The van der Waals surface area contributed by atoms with Gasteiger partial charge in [0.15, 0.2) is 0 Å². The van der Waals surface area contributed by atoms with Crippen molar-refractivity contribution in [2.45, 2.75) is 43.8 Å². The Morgan fingerprint density at radius 1 is 1.42 bits per heavy atom. The third kappa shape index (κ3) is 3.28. The van der Waals surface area contributed by atoms with E-state index in [0.29, 0.717) is 5.92 Å². The first-order chi connectivity index (χ1) is 9.06. The van der Waals surface area contributed by atoms with Crippen molar-refractivity contribution >= 4 is 0 Å². The van der Waals surface area contributed by atoms with Gasteiger partial charge in [0, 0.05) is 19.6 Å². The summed E-state index contributed by atoms with van der Waals surface area (Å²) in [5, 5.41) is 11.2. The number of hydrogen-bond acceptors (Lipinski definition) is 3. The van der Waals surface area contributed by atoms with Gasteiger partial charge in [-0.25, -0.2) is 0 Å². The second kappa shape index (κ2) is 6.21. The van der Waals surface area contributed by atoms with Crippen LogP contribution in [-0.4, -0.2) is 49.5 Å². The van der Waals surface area contributed by atoms with Gasteiger partial charge >= 0.3 is 0 Å². The highest BCUT2D eigenvalue weighted by Crippen LogP contribution is 2.41. The maximum atomic E-state index is 11.2. The molecule has 0 amide bonds. The molecule has 0 radical (unpaired) electrons. The van der Waals surface area contributed by atoms with Gasteiger partial charge in [-0.15, -0.1) is 0 Å². The summed E-state index contributed by atoms with van der Waals surface area (Å²) < 4.78 is 5.42. The Morgan fingerprint density at radius 3 is 2.89 bits per heavy atom. The van der Waals surface area contributed by atoms with Gasteiger partial charge in [0.05, 0.1) is 11.7 Å². The highest BCUT2D eigenvalue weighted by molar-refractivity contribution is 5.34. The van der Waals surface area contributed by atoms with E-state index in [4.69, 9.17) is 4.74 Å². The van der Waals surface area contributed by atoms with Crippen LogP contribution in [-0.2, 0) is 4.74 Å². The molecule has 1 saturated carbocycles. The Hall–Kier alpha value is -0.640. The van der Waals surface area contributed by atoms with Crippen LogP contribution in [0.5, 0.6) is 0 Å². The van der Waals surface area contributed by atoms with Gasteiger partial charge in [-0.1, -0.05) is 25.0 Å². The number of aliphatic hydroxyl groups is 1. The Morgan fingerprint density at radius 2 is 2.21 bits per heavy atom. The molecule has 0 spiro atoms. The SMILES string of the molecule is COC1C=C([C@@]2(O)CCCC[C@@H]2CN(C)C)C=CC1. The van der Waals surface area contributed by atoms with E-state index in [1.165, 1.54) is 6.42 Å². The lowest BCUT2D eigenvalue weighted by Crippen LogP contribution is -2.47. The van der Waals surface area contributed by atoms with Gasteiger partial charge in [-0.3, -0.25) is 0 Å². The summed E-state index contributed by atoms with van der Waals surface area (Å²) in [5.41, 5.74) is 0.396. The molecule has 2 rings (SSSR count). The molecule has 0 saturated heterocycles. The van der Waals surface area contributed by atoms with Crippen LogP contribution in [0.3, 0.4) is 0 Å². The first-order valence-corrected chi connectivity index (χ1v) is 7.35. The van der Waals surface area contributed by atoms with Crippen LogP contribution in [0.15, 0.2) is 23.8 Å². The Balaban J connectivity index is 2.21. The average molecular weight is 265 g/mol. The first-order valence-electron chi connectivity index (χ1n) is 7.35. The maximum Gasteiger partial charge on any atom is 0.0934 e. The predicted molar refractivity (Wildman–Crippen MR) is 78.1 cm³/mol. The third-order valence-corrected chi connectivity index (χ3v) is 4.46. The van der Waals surface area contributed by atoms with E-state index < -0.39 is 5.60 Å². The van der Waals surface area contributed by atoms with Crippen LogP contribution in [0, 0.1) is 5.92 Å². The minimum absolute atomic E-state index is 0.117. The molecule has 0 aromatic heterocycles. The van der Waals surface area contributed by atoms with Gasteiger partial charge in [-0.05, 0) is 45.0 Å². The van der Waals surface area contributed by atoms with Crippen molar-refractivity contribution in [2.75, 3.05) is 27.7 Å².